The van der Waals surface area contributed by atoms with E-state index >= 15 is 0 Å². The third-order valence-corrected chi connectivity index (χ3v) is 4.89. The van der Waals surface area contributed by atoms with Crippen LogP contribution in [0.2, 0.25) is 0 Å². The highest BCUT2D eigenvalue weighted by Gasteiger charge is 2.53. The first-order chi connectivity index (χ1) is 7.36. The van der Waals surface area contributed by atoms with Crippen molar-refractivity contribution >= 4 is 5.97 Å². The molecule has 2 rings (SSSR count). The van der Waals surface area contributed by atoms with Gasteiger partial charge in [0, 0.05) is 0 Å². The van der Waals surface area contributed by atoms with Gasteiger partial charge in [0.05, 0.1) is 5.41 Å². The molecule has 16 heavy (non-hydrogen) atoms. The molecule has 0 atom stereocenters. The van der Waals surface area contributed by atoms with Crippen molar-refractivity contribution in [3.8, 4) is 0 Å². The largest absolute Gasteiger partial charge is 0.481 e. The van der Waals surface area contributed by atoms with E-state index in [0.717, 1.165) is 38.5 Å². The van der Waals surface area contributed by atoms with E-state index in [1.165, 1.54) is 0 Å². The molecule has 0 aromatic rings. The molecule has 0 unspecified atom stereocenters. The molecule has 1 N–H and O–H groups in total. The Morgan fingerprint density at radius 3 is 1.94 bits per heavy atom. The van der Waals surface area contributed by atoms with Crippen LogP contribution in [0.15, 0.2) is 0 Å². The molecule has 2 heteroatoms. The fourth-order valence-electron chi connectivity index (χ4n) is 3.43. The summed E-state index contributed by atoms with van der Waals surface area (Å²) in [5.41, 5.74) is -0.00400. The molecular formula is C14H24O2. The molecule has 2 nitrogen and oxygen atoms in total. The highest BCUT2D eigenvalue weighted by atomic mass is 16.4. The highest BCUT2D eigenvalue weighted by molar-refractivity contribution is 5.75. The van der Waals surface area contributed by atoms with E-state index in [1.54, 1.807) is 0 Å². The lowest BCUT2D eigenvalue weighted by molar-refractivity contribution is -0.154. The Bertz CT molecular complexity index is 276. The molecule has 0 aliphatic heterocycles. The third kappa shape index (κ3) is 1.99. The Hall–Kier alpha value is -0.530. The molecule has 0 spiro atoms. The van der Waals surface area contributed by atoms with Crippen LogP contribution in [-0.2, 0) is 4.79 Å². The number of carboxylic acid groups (broad SMARTS) is 1. The molecule has 0 bridgehead atoms. The fourth-order valence-corrected chi connectivity index (χ4v) is 3.43. The van der Waals surface area contributed by atoms with E-state index in [0.29, 0.717) is 17.3 Å². The SMILES string of the molecule is CC(C)(C)C1CCC(C(=O)O)(C2CC2)CC1. The van der Waals surface area contributed by atoms with Gasteiger partial charge in [0.2, 0.25) is 0 Å². The van der Waals surface area contributed by atoms with E-state index in [4.69, 9.17) is 0 Å². The molecule has 0 amide bonds. The van der Waals surface area contributed by atoms with Gasteiger partial charge < -0.3 is 5.11 Å². The van der Waals surface area contributed by atoms with Crippen molar-refractivity contribution in [2.45, 2.75) is 59.3 Å². The molecule has 2 fully saturated rings. The van der Waals surface area contributed by atoms with Crippen LogP contribution in [0.1, 0.15) is 59.3 Å². The second-order valence-electron chi connectivity index (χ2n) is 6.88. The van der Waals surface area contributed by atoms with Crippen molar-refractivity contribution in [2.24, 2.45) is 22.7 Å². The highest BCUT2D eigenvalue weighted by Crippen LogP contribution is 2.56. The Morgan fingerprint density at radius 2 is 1.62 bits per heavy atom. The molecule has 0 heterocycles. The van der Waals surface area contributed by atoms with Crippen LogP contribution >= 0.6 is 0 Å². The van der Waals surface area contributed by atoms with Gasteiger partial charge in [-0.15, -0.1) is 0 Å². The maximum atomic E-state index is 11.5. The maximum absolute atomic E-state index is 11.5. The molecule has 0 saturated heterocycles. The number of rotatable bonds is 2. The zero-order valence-corrected chi connectivity index (χ0v) is 10.8. The second kappa shape index (κ2) is 3.75. The number of carboxylic acids is 1. The molecule has 0 aromatic carbocycles. The number of hydrogen-bond donors (Lipinski definition) is 1. The maximum Gasteiger partial charge on any atom is 0.309 e. The average Bonchev–Trinajstić information content (AvgIpc) is 2.99. The first-order valence-corrected chi connectivity index (χ1v) is 6.60. The molecule has 0 aromatic heterocycles. The normalized spacial score (nSPS) is 36.1. The number of hydrogen-bond acceptors (Lipinski definition) is 1. The van der Waals surface area contributed by atoms with Crippen LogP contribution in [0.25, 0.3) is 0 Å². The summed E-state index contributed by atoms with van der Waals surface area (Å²) in [6, 6.07) is 0. The van der Waals surface area contributed by atoms with Gasteiger partial charge in [0.1, 0.15) is 0 Å². The summed E-state index contributed by atoms with van der Waals surface area (Å²) in [6.45, 7) is 6.84. The van der Waals surface area contributed by atoms with Crippen molar-refractivity contribution in [1.82, 2.24) is 0 Å². The van der Waals surface area contributed by atoms with E-state index in [-0.39, 0.29) is 5.41 Å². The molecule has 0 radical (unpaired) electrons. The van der Waals surface area contributed by atoms with Gasteiger partial charge in [0.15, 0.2) is 0 Å². The van der Waals surface area contributed by atoms with Crippen molar-refractivity contribution in [3.63, 3.8) is 0 Å². The van der Waals surface area contributed by atoms with Gasteiger partial charge in [0.25, 0.3) is 0 Å². The quantitative estimate of drug-likeness (QED) is 0.776. The van der Waals surface area contributed by atoms with Crippen LogP contribution in [0, 0.1) is 22.7 Å². The van der Waals surface area contributed by atoms with Gasteiger partial charge in [-0.2, -0.15) is 0 Å². The van der Waals surface area contributed by atoms with Crippen molar-refractivity contribution < 1.29 is 9.90 Å². The zero-order valence-electron chi connectivity index (χ0n) is 10.8. The standard InChI is InChI=1S/C14H24O2/c1-13(2,3)10-6-8-14(9-7-10,12(15)16)11-4-5-11/h10-11H,4-9H2,1-3H3,(H,15,16). The summed E-state index contributed by atoms with van der Waals surface area (Å²) < 4.78 is 0. The molecular weight excluding hydrogens is 200 g/mol. The van der Waals surface area contributed by atoms with Crippen LogP contribution < -0.4 is 0 Å². The third-order valence-electron chi connectivity index (χ3n) is 4.89. The summed E-state index contributed by atoms with van der Waals surface area (Å²) >= 11 is 0. The summed E-state index contributed by atoms with van der Waals surface area (Å²) in [7, 11) is 0. The predicted octanol–water partition coefficient (Wildman–Crippen LogP) is 3.70. The van der Waals surface area contributed by atoms with Gasteiger partial charge >= 0.3 is 5.97 Å². The minimum absolute atomic E-state index is 0.341. The van der Waals surface area contributed by atoms with E-state index in [1.807, 2.05) is 0 Å². The van der Waals surface area contributed by atoms with Crippen LogP contribution in [0.4, 0.5) is 0 Å². The summed E-state index contributed by atoms with van der Waals surface area (Å²) in [6.07, 6.45) is 6.32. The average molecular weight is 224 g/mol. The van der Waals surface area contributed by atoms with Crippen molar-refractivity contribution in [1.29, 1.82) is 0 Å². The molecule has 92 valence electrons. The smallest absolute Gasteiger partial charge is 0.309 e. The Kier molecular flexibility index (Phi) is 2.80. The van der Waals surface area contributed by atoms with E-state index in [9.17, 15) is 9.90 Å². The van der Waals surface area contributed by atoms with Gasteiger partial charge in [-0.25, -0.2) is 0 Å². The molecule has 2 saturated carbocycles. The Balaban J connectivity index is 2.04. The Morgan fingerprint density at radius 1 is 1.12 bits per heavy atom. The van der Waals surface area contributed by atoms with E-state index in [2.05, 4.69) is 20.8 Å². The molecule has 2 aliphatic carbocycles. The fraction of sp³-hybridized carbons (Fsp3) is 0.929. The lowest BCUT2D eigenvalue weighted by atomic mass is 9.62. The van der Waals surface area contributed by atoms with Crippen molar-refractivity contribution in [2.75, 3.05) is 0 Å². The topological polar surface area (TPSA) is 37.3 Å². The summed E-state index contributed by atoms with van der Waals surface area (Å²) in [5, 5.41) is 9.49. The number of carbonyl (C=O) groups is 1. The summed E-state index contributed by atoms with van der Waals surface area (Å²) in [5.74, 6) is 0.673. The monoisotopic (exact) mass is 224 g/mol. The van der Waals surface area contributed by atoms with Gasteiger partial charge in [-0.1, -0.05) is 20.8 Å². The van der Waals surface area contributed by atoms with Gasteiger partial charge in [-0.05, 0) is 55.8 Å². The second-order valence-corrected chi connectivity index (χ2v) is 6.88. The Labute approximate surface area is 98.4 Å². The van der Waals surface area contributed by atoms with Crippen molar-refractivity contribution in [3.05, 3.63) is 0 Å². The lowest BCUT2D eigenvalue weighted by Crippen LogP contribution is -2.39. The zero-order chi connectivity index (χ0) is 12.0. The van der Waals surface area contributed by atoms with Crippen LogP contribution in [0.5, 0.6) is 0 Å². The first-order valence-electron chi connectivity index (χ1n) is 6.60. The van der Waals surface area contributed by atoms with E-state index < -0.39 is 5.97 Å². The van der Waals surface area contributed by atoms with Crippen LogP contribution in [0.3, 0.4) is 0 Å². The van der Waals surface area contributed by atoms with Crippen LogP contribution in [-0.4, -0.2) is 11.1 Å². The molecule has 2 aliphatic rings. The summed E-state index contributed by atoms with van der Waals surface area (Å²) in [4.78, 5) is 11.5. The minimum Gasteiger partial charge on any atom is -0.481 e. The lowest BCUT2D eigenvalue weighted by Gasteiger charge is -2.42. The minimum atomic E-state index is -0.526. The first kappa shape index (κ1) is 11.9. The predicted molar refractivity (Wildman–Crippen MR) is 64.2 cm³/mol. The van der Waals surface area contributed by atoms with Gasteiger partial charge in [-0.3, -0.25) is 4.79 Å². The number of aliphatic carboxylic acids is 1.